The van der Waals surface area contributed by atoms with E-state index in [2.05, 4.69) is 22.1 Å². The van der Waals surface area contributed by atoms with Gasteiger partial charge in [-0.3, -0.25) is 4.79 Å². The quantitative estimate of drug-likeness (QED) is 0.464. The molecular formula is C20H21N5OS. The van der Waals surface area contributed by atoms with Gasteiger partial charge in [-0.15, -0.1) is 11.7 Å². The van der Waals surface area contributed by atoms with Crippen molar-refractivity contribution in [2.75, 3.05) is 17.2 Å². The summed E-state index contributed by atoms with van der Waals surface area (Å²) in [5, 5.41) is 12.6. The number of thioether (sulfide) groups is 1. The third kappa shape index (κ3) is 4.25. The topological polar surface area (TPSA) is 63.9 Å². The van der Waals surface area contributed by atoms with E-state index < -0.39 is 0 Å². The summed E-state index contributed by atoms with van der Waals surface area (Å²) in [6, 6.07) is 15.6. The highest BCUT2D eigenvalue weighted by Gasteiger charge is 2.18. The van der Waals surface area contributed by atoms with Gasteiger partial charge in [-0.1, -0.05) is 54.2 Å². The van der Waals surface area contributed by atoms with Crippen molar-refractivity contribution in [1.82, 2.24) is 20.2 Å². The Bertz CT molecular complexity index is 918. The number of carbonyl (C=O) groups excluding carboxylic acids is 1. The minimum atomic E-state index is -0.0258. The summed E-state index contributed by atoms with van der Waals surface area (Å²) in [4.78, 5) is 14.5. The van der Waals surface area contributed by atoms with Gasteiger partial charge in [-0.2, -0.15) is 4.68 Å². The molecule has 138 valence electrons. The summed E-state index contributed by atoms with van der Waals surface area (Å²) in [6.45, 7) is 8.24. The zero-order valence-electron chi connectivity index (χ0n) is 15.4. The van der Waals surface area contributed by atoms with Gasteiger partial charge >= 0.3 is 0 Å². The van der Waals surface area contributed by atoms with E-state index in [0.717, 1.165) is 22.5 Å². The molecule has 6 nitrogen and oxygen atoms in total. The first-order valence-corrected chi connectivity index (χ1v) is 9.54. The molecular weight excluding hydrogens is 358 g/mol. The Hall–Kier alpha value is -2.93. The SMILES string of the molecule is C=CCN(C(=O)CSc1nnnn1-c1c(C)cccc1C)c1ccccc1. The Morgan fingerprint density at radius 1 is 1.15 bits per heavy atom. The standard InChI is InChI=1S/C20H21N5OS/c1-4-13-24(17-11-6-5-7-12-17)18(26)14-27-20-21-22-23-25(20)19-15(2)9-8-10-16(19)3/h4-12H,1,13-14H2,2-3H3. The molecule has 1 aromatic heterocycles. The molecule has 2 aromatic carbocycles. The number of aryl methyl sites for hydroxylation is 2. The van der Waals surface area contributed by atoms with Crippen LogP contribution in [0.25, 0.3) is 5.69 Å². The highest BCUT2D eigenvalue weighted by Crippen LogP contribution is 2.24. The van der Waals surface area contributed by atoms with Crippen molar-refractivity contribution in [2.24, 2.45) is 0 Å². The molecule has 3 rings (SSSR count). The predicted molar refractivity (Wildman–Crippen MR) is 108 cm³/mol. The fraction of sp³-hybridized carbons (Fsp3) is 0.200. The Balaban J connectivity index is 1.78. The summed E-state index contributed by atoms with van der Waals surface area (Å²) >= 11 is 1.32. The van der Waals surface area contributed by atoms with Crippen molar-refractivity contribution in [3.05, 3.63) is 72.3 Å². The lowest BCUT2D eigenvalue weighted by Gasteiger charge is -2.21. The highest BCUT2D eigenvalue weighted by molar-refractivity contribution is 7.99. The van der Waals surface area contributed by atoms with E-state index in [1.807, 2.05) is 62.4 Å². The third-order valence-corrected chi connectivity index (χ3v) is 5.00. The Morgan fingerprint density at radius 2 is 1.85 bits per heavy atom. The Labute approximate surface area is 162 Å². The average molecular weight is 379 g/mol. The Kier molecular flexibility index (Phi) is 6.03. The number of carbonyl (C=O) groups is 1. The summed E-state index contributed by atoms with van der Waals surface area (Å²) in [7, 11) is 0. The minimum absolute atomic E-state index is 0.0258. The molecule has 0 N–H and O–H groups in total. The van der Waals surface area contributed by atoms with Gasteiger partial charge in [-0.05, 0) is 47.5 Å². The van der Waals surface area contributed by atoms with E-state index in [1.54, 1.807) is 15.7 Å². The number of hydrogen-bond acceptors (Lipinski definition) is 5. The zero-order valence-corrected chi connectivity index (χ0v) is 16.2. The van der Waals surface area contributed by atoms with Crippen LogP contribution >= 0.6 is 11.8 Å². The molecule has 0 saturated heterocycles. The summed E-state index contributed by atoms with van der Waals surface area (Å²) in [5.41, 5.74) is 3.95. The maximum Gasteiger partial charge on any atom is 0.237 e. The van der Waals surface area contributed by atoms with E-state index in [9.17, 15) is 4.79 Å². The van der Waals surface area contributed by atoms with Crippen LogP contribution in [-0.4, -0.2) is 38.4 Å². The Morgan fingerprint density at radius 3 is 2.52 bits per heavy atom. The van der Waals surface area contributed by atoms with Crippen LogP contribution in [0.2, 0.25) is 0 Å². The number of tetrazole rings is 1. The molecule has 27 heavy (non-hydrogen) atoms. The zero-order chi connectivity index (χ0) is 19.2. The third-order valence-electron chi connectivity index (χ3n) is 4.10. The molecule has 0 atom stereocenters. The molecule has 0 aliphatic rings. The first-order valence-electron chi connectivity index (χ1n) is 8.56. The molecule has 0 aliphatic heterocycles. The number of nitrogens with zero attached hydrogens (tertiary/aromatic N) is 5. The van der Waals surface area contributed by atoms with Crippen LogP contribution in [0.3, 0.4) is 0 Å². The monoisotopic (exact) mass is 379 g/mol. The summed E-state index contributed by atoms with van der Waals surface area (Å²) < 4.78 is 1.70. The molecule has 1 heterocycles. The average Bonchev–Trinajstić information content (AvgIpc) is 3.13. The molecule has 0 saturated carbocycles. The molecule has 3 aromatic rings. The van der Waals surface area contributed by atoms with Gasteiger partial charge in [-0.25, -0.2) is 0 Å². The molecule has 0 bridgehead atoms. The number of para-hydroxylation sites is 2. The number of aromatic nitrogens is 4. The highest BCUT2D eigenvalue weighted by atomic mass is 32.2. The van der Waals surface area contributed by atoms with Crippen molar-refractivity contribution < 1.29 is 4.79 Å². The number of benzene rings is 2. The van der Waals surface area contributed by atoms with E-state index in [1.165, 1.54) is 11.8 Å². The second-order valence-electron chi connectivity index (χ2n) is 6.03. The largest absolute Gasteiger partial charge is 0.308 e. The van der Waals surface area contributed by atoms with Crippen LogP contribution in [0.1, 0.15) is 11.1 Å². The van der Waals surface area contributed by atoms with Crippen LogP contribution in [-0.2, 0) is 4.79 Å². The first kappa shape index (κ1) is 18.8. The van der Waals surface area contributed by atoms with Crippen LogP contribution in [0.4, 0.5) is 5.69 Å². The summed E-state index contributed by atoms with van der Waals surface area (Å²) in [5.74, 6) is 0.204. The molecule has 0 aliphatic carbocycles. The first-order chi connectivity index (χ1) is 13.1. The number of rotatable bonds is 7. The minimum Gasteiger partial charge on any atom is -0.308 e. The predicted octanol–water partition coefficient (Wildman–Crippen LogP) is 3.59. The fourth-order valence-corrected chi connectivity index (χ4v) is 3.59. The van der Waals surface area contributed by atoms with Gasteiger partial charge in [0.05, 0.1) is 11.4 Å². The molecule has 0 fully saturated rings. The fourth-order valence-electron chi connectivity index (χ4n) is 2.84. The van der Waals surface area contributed by atoms with Gasteiger partial charge in [0.1, 0.15) is 0 Å². The molecule has 0 unspecified atom stereocenters. The van der Waals surface area contributed by atoms with Gasteiger partial charge in [0, 0.05) is 12.2 Å². The lowest BCUT2D eigenvalue weighted by Crippen LogP contribution is -2.32. The van der Waals surface area contributed by atoms with Crippen LogP contribution in [0.15, 0.2) is 66.3 Å². The lowest BCUT2D eigenvalue weighted by atomic mass is 10.1. The van der Waals surface area contributed by atoms with Crippen LogP contribution < -0.4 is 4.90 Å². The molecule has 0 spiro atoms. The van der Waals surface area contributed by atoms with Crippen molar-refractivity contribution in [1.29, 1.82) is 0 Å². The van der Waals surface area contributed by atoms with Crippen molar-refractivity contribution >= 4 is 23.4 Å². The summed E-state index contributed by atoms with van der Waals surface area (Å²) in [6.07, 6.45) is 1.72. The van der Waals surface area contributed by atoms with Crippen molar-refractivity contribution in [3.8, 4) is 5.69 Å². The number of anilines is 1. The van der Waals surface area contributed by atoms with Crippen molar-refractivity contribution in [3.63, 3.8) is 0 Å². The molecule has 0 radical (unpaired) electrons. The van der Waals surface area contributed by atoms with Crippen LogP contribution in [0.5, 0.6) is 0 Å². The maximum absolute atomic E-state index is 12.8. The van der Waals surface area contributed by atoms with Gasteiger partial charge in [0.15, 0.2) is 0 Å². The second kappa shape index (κ2) is 8.64. The van der Waals surface area contributed by atoms with E-state index in [4.69, 9.17) is 0 Å². The van der Waals surface area contributed by atoms with Crippen LogP contribution in [0, 0.1) is 13.8 Å². The molecule has 7 heteroatoms. The maximum atomic E-state index is 12.8. The normalized spacial score (nSPS) is 10.6. The van der Waals surface area contributed by atoms with E-state index in [0.29, 0.717) is 11.7 Å². The van der Waals surface area contributed by atoms with E-state index >= 15 is 0 Å². The smallest absolute Gasteiger partial charge is 0.237 e. The molecule has 1 amide bonds. The lowest BCUT2D eigenvalue weighted by molar-refractivity contribution is -0.116. The number of amides is 1. The van der Waals surface area contributed by atoms with E-state index in [-0.39, 0.29) is 11.7 Å². The second-order valence-corrected chi connectivity index (χ2v) is 6.97. The van der Waals surface area contributed by atoms with Crippen molar-refractivity contribution in [2.45, 2.75) is 19.0 Å². The van der Waals surface area contributed by atoms with Gasteiger partial charge < -0.3 is 4.90 Å². The number of hydrogen-bond donors (Lipinski definition) is 0. The van der Waals surface area contributed by atoms with Gasteiger partial charge in [0.2, 0.25) is 11.1 Å². The van der Waals surface area contributed by atoms with Gasteiger partial charge in [0.25, 0.3) is 0 Å².